The highest BCUT2D eigenvalue weighted by molar-refractivity contribution is 6.31. The van der Waals surface area contributed by atoms with Crippen LogP contribution in [0.1, 0.15) is 43.5 Å². The van der Waals surface area contributed by atoms with Crippen LogP contribution in [0.4, 0.5) is 4.79 Å². The molecule has 1 aliphatic rings. The molecule has 12 nitrogen and oxygen atoms in total. The molecule has 13 heteroatoms. The summed E-state index contributed by atoms with van der Waals surface area (Å²) in [6, 6.07) is 16.6. The van der Waals surface area contributed by atoms with Crippen molar-refractivity contribution < 1.29 is 38.4 Å². The van der Waals surface area contributed by atoms with Crippen molar-refractivity contribution in [3.63, 3.8) is 0 Å². The van der Waals surface area contributed by atoms with Crippen molar-refractivity contribution in [2.75, 3.05) is 26.9 Å². The minimum Gasteiger partial charge on any atom is -0.490 e. The molecule has 0 unspecified atom stereocenters. The van der Waals surface area contributed by atoms with Crippen LogP contribution in [-0.2, 0) is 16.1 Å². The van der Waals surface area contributed by atoms with Gasteiger partial charge < -0.3 is 39.4 Å². The number of carbonyl (C=O) groups excluding carboxylic acids is 2. The number of esters is 1. The lowest BCUT2D eigenvalue weighted by Crippen LogP contribution is -2.45. The van der Waals surface area contributed by atoms with Crippen molar-refractivity contribution in [2.24, 2.45) is 5.10 Å². The molecule has 4 N–H and O–H groups in total. The summed E-state index contributed by atoms with van der Waals surface area (Å²) in [4.78, 5) is 24.6. The van der Waals surface area contributed by atoms with Crippen LogP contribution in [0.5, 0.6) is 23.0 Å². The number of halogens is 1. The lowest BCUT2D eigenvalue weighted by atomic mass is 9.95. The minimum absolute atomic E-state index is 0.160. The molecule has 3 aromatic carbocycles. The maximum Gasteiger partial charge on any atom is 0.337 e. The Kier molecular flexibility index (Phi) is 12.1. The van der Waals surface area contributed by atoms with Gasteiger partial charge in [-0.1, -0.05) is 35.9 Å². The fourth-order valence-electron chi connectivity index (χ4n) is 4.58. The summed E-state index contributed by atoms with van der Waals surface area (Å²) in [5.74, 6) is 1.25. The van der Waals surface area contributed by atoms with Gasteiger partial charge in [0.15, 0.2) is 29.2 Å². The van der Waals surface area contributed by atoms with E-state index in [4.69, 9.17) is 35.3 Å². The van der Waals surface area contributed by atoms with Crippen LogP contribution in [0.15, 0.2) is 77.0 Å². The summed E-state index contributed by atoms with van der Waals surface area (Å²) in [5, 5.41) is 20.6. The Hall–Kier alpha value is -4.94. The Morgan fingerprint density at radius 1 is 1.00 bits per heavy atom. The molecule has 46 heavy (non-hydrogen) atoms. The van der Waals surface area contributed by atoms with E-state index in [2.05, 4.69) is 21.2 Å². The zero-order chi connectivity index (χ0) is 33.1. The molecular formula is C33H37ClN4O8. The van der Waals surface area contributed by atoms with Crippen LogP contribution >= 0.6 is 11.6 Å². The van der Waals surface area contributed by atoms with Crippen molar-refractivity contribution in [2.45, 2.75) is 39.6 Å². The Morgan fingerprint density at radius 2 is 1.70 bits per heavy atom. The zero-order valence-corrected chi connectivity index (χ0v) is 26.7. The van der Waals surface area contributed by atoms with E-state index in [1.807, 2.05) is 44.2 Å². The first kappa shape index (κ1) is 33.9. The average molecular weight is 653 g/mol. The topological polar surface area (TPSA) is 149 Å². The number of nitrogens with zero attached hydrogens (tertiary/aromatic N) is 1. The second kappa shape index (κ2) is 16.4. The molecule has 3 aromatic rings. The first-order valence-electron chi connectivity index (χ1n) is 14.6. The number of hydrazone groups is 1. The second-order valence-electron chi connectivity index (χ2n) is 9.93. The number of hydrogen-bond donors (Lipinski definition) is 4. The summed E-state index contributed by atoms with van der Waals surface area (Å²) >= 11 is 6.24. The molecule has 4 rings (SSSR count). The van der Waals surface area contributed by atoms with E-state index in [1.165, 1.54) is 13.3 Å². The maximum atomic E-state index is 12.5. The van der Waals surface area contributed by atoms with Crippen LogP contribution < -0.4 is 35.0 Å². The van der Waals surface area contributed by atoms with Crippen molar-refractivity contribution in [1.82, 2.24) is 16.1 Å². The van der Waals surface area contributed by atoms with Gasteiger partial charge in [0.1, 0.15) is 13.2 Å². The maximum absolute atomic E-state index is 12.5. The van der Waals surface area contributed by atoms with Crippen molar-refractivity contribution in [3.8, 4) is 23.0 Å². The van der Waals surface area contributed by atoms with Gasteiger partial charge >= 0.3 is 12.0 Å². The van der Waals surface area contributed by atoms with Crippen LogP contribution in [0.25, 0.3) is 0 Å². The standard InChI is InChI=1S/C33H37ClN4O8/c1-5-43-27-15-21(11-13-25(27)45-18-23-9-7-8-10-24(23)34)17-35-38-29(39)19-46-26-14-12-22(16-28(26)44-6-2)31-30(32(40)42-4)20(3)36-33(41)37-31/h7-17,29,31,38-39H,5-6,18-19H2,1-4H3,(H2,36,37,41)/b35-17-/t29-,31-/m1/s1. The van der Waals surface area contributed by atoms with E-state index < -0.39 is 24.3 Å². The summed E-state index contributed by atoms with van der Waals surface area (Å²) < 4.78 is 28.2. The van der Waals surface area contributed by atoms with Gasteiger partial charge in [-0.05, 0) is 68.3 Å². The SMILES string of the molecule is CCOc1cc(/C=N\N[C@H](O)COc2ccc([C@H]3NC(=O)NC(C)=C3C(=O)OC)cc2OCC)ccc1OCc1ccccc1Cl. The fraction of sp³-hybridized carbons (Fsp3) is 0.303. The molecule has 0 spiro atoms. The molecule has 244 valence electrons. The molecule has 0 saturated heterocycles. The van der Waals surface area contributed by atoms with E-state index in [9.17, 15) is 14.7 Å². The van der Waals surface area contributed by atoms with Gasteiger partial charge in [-0.3, -0.25) is 5.43 Å². The van der Waals surface area contributed by atoms with E-state index >= 15 is 0 Å². The van der Waals surface area contributed by atoms with Crippen LogP contribution in [0.2, 0.25) is 5.02 Å². The average Bonchev–Trinajstić information content (AvgIpc) is 3.04. The number of aliphatic hydroxyl groups is 1. The quantitative estimate of drug-likeness (QED) is 0.0783. The van der Waals surface area contributed by atoms with Gasteiger partial charge in [-0.15, -0.1) is 0 Å². The van der Waals surface area contributed by atoms with Gasteiger partial charge in [0, 0.05) is 16.3 Å². The number of ether oxygens (including phenoxy) is 5. The molecule has 0 aliphatic carbocycles. The lowest BCUT2D eigenvalue weighted by Gasteiger charge is -2.28. The summed E-state index contributed by atoms with van der Waals surface area (Å²) in [5.41, 5.74) is 5.44. The van der Waals surface area contributed by atoms with Crippen LogP contribution in [0, 0.1) is 0 Å². The number of methoxy groups -OCH3 is 1. The number of nitrogens with one attached hydrogen (secondary N) is 3. The Balaban J connectivity index is 1.38. The van der Waals surface area contributed by atoms with Crippen LogP contribution in [-0.4, -0.2) is 56.5 Å². The molecule has 1 heterocycles. The summed E-state index contributed by atoms with van der Waals surface area (Å²) in [6.45, 7) is 6.21. The van der Waals surface area contributed by atoms with Crippen molar-refractivity contribution in [3.05, 3.63) is 93.6 Å². The molecule has 1 aliphatic heterocycles. The number of aliphatic hydroxyl groups excluding tert-OH is 1. The number of urea groups is 1. The highest BCUT2D eigenvalue weighted by Gasteiger charge is 2.32. The third-order valence-electron chi connectivity index (χ3n) is 6.72. The third kappa shape index (κ3) is 8.83. The molecule has 0 aromatic heterocycles. The van der Waals surface area contributed by atoms with Gasteiger partial charge in [-0.25, -0.2) is 9.59 Å². The van der Waals surface area contributed by atoms with Crippen molar-refractivity contribution >= 4 is 29.8 Å². The third-order valence-corrected chi connectivity index (χ3v) is 7.09. The van der Waals surface area contributed by atoms with E-state index in [1.54, 1.807) is 37.3 Å². The second-order valence-corrected chi connectivity index (χ2v) is 10.3. The minimum atomic E-state index is -1.16. The van der Waals surface area contributed by atoms with Crippen LogP contribution in [0.3, 0.4) is 0 Å². The first-order chi connectivity index (χ1) is 22.2. The number of allylic oxidation sites excluding steroid dienone is 1. The first-order valence-corrected chi connectivity index (χ1v) is 15.0. The molecule has 0 fully saturated rings. The predicted octanol–water partition coefficient (Wildman–Crippen LogP) is 4.84. The van der Waals surface area contributed by atoms with Crippen molar-refractivity contribution in [1.29, 1.82) is 0 Å². The Morgan fingerprint density at radius 3 is 2.41 bits per heavy atom. The number of carbonyl (C=O) groups is 2. The summed E-state index contributed by atoms with van der Waals surface area (Å²) in [6.07, 6.45) is 0.376. The van der Waals surface area contributed by atoms with Gasteiger partial charge in [-0.2, -0.15) is 5.10 Å². The van der Waals surface area contributed by atoms with Gasteiger partial charge in [0.05, 0.1) is 38.2 Å². The Labute approximate surface area is 272 Å². The molecule has 0 saturated carbocycles. The smallest absolute Gasteiger partial charge is 0.337 e. The van der Waals surface area contributed by atoms with E-state index in [-0.39, 0.29) is 18.8 Å². The number of amides is 2. The van der Waals surface area contributed by atoms with E-state index in [0.29, 0.717) is 58.1 Å². The predicted molar refractivity (Wildman–Crippen MR) is 172 cm³/mol. The normalized spacial score (nSPS) is 15.1. The molecular weight excluding hydrogens is 616 g/mol. The number of rotatable bonds is 15. The Bertz CT molecular complexity index is 1600. The van der Waals surface area contributed by atoms with Gasteiger partial charge in [0.25, 0.3) is 0 Å². The molecule has 0 bridgehead atoms. The largest absolute Gasteiger partial charge is 0.490 e. The highest BCUT2D eigenvalue weighted by Crippen LogP contribution is 2.35. The monoisotopic (exact) mass is 652 g/mol. The summed E-state index contributed by atoms with van der Waals surface area (Å²) in [7, 11) is 1.27. The molecule has 2 atom stereocenters. The van der Waals surface area contributed by atoms with Gasteiger partial charge in [0.2, 0.25) is 0 Å². The number of hydrogen-bond acceptors (Lipinski definition) is 10. The molecule has 0 radical (unpaired) electrons. The molecule has 2 amide bonds. The fourth-order valence-corrected chi connectivity index (χ4v) is 4.77. The highest BCUT2D eigenvalue weighted by atomic mass is 35.5. The van der Waals surface area contributed by atoms with E-state index in [0.717, 1.165) is 5.56 Å². The zero-order valence-electron chi connectivity index (χ0n) is 26.0. The lowest BCUT2D eigenvalue weighted by molar-refractivity contribution is -0.136. The number of benzene rings is 3.